The van der Waals surface area contributed by atoms with Gasteiger partial charge < -0.3 is 19.5 Å². The number of hydrogen-bond donors (Lipinski definition) is 1. The molecular formula is C22H28N2O6. The van der Waals surface area contributed by atoms with Gasteiger partial charge in [-0.05, 0) is 38.5 Å². The largest absolute Gasteiger partial charge is 0.465 e. The van der Waals surface area contributed by atoms with Crippen LogP contribution in [0.3, 0.4) is 0 Å². The average Bonchev–Trinajstić information content (AvgIpc) is 2.73. The molecule has 2 rings (SSSR count). The lowest BCUT2D eigenvalue weighted by molar-refractivity contribution is -0.147. The molecule has 0 aliphatic heterocycles. The minimum absolute atomic E-state index is 0.182. The Hall–Kier alpha value is -3.16. The summed E-state index contributed by atoms with van der Waals surface area (Å²) in [4.78, 5) is 40.4. The molecule has 162 valence electrons. The second-order valence-electron chi connectivity index (χ2n) is 6.82. The summed E-state index contributed by atoms with van der Waals surface area (Å²) in [6.07, 6.45) is 1.99. The Bertz CT molecular complexity index is 905. The molecule has 0 amide bonds. The van der Waals surface area contributed by atoms with E-state index in [0.29, 0.717) is 35.1 Å². The van der Waals surface area contributed by atoms with E-state index < -0.39 is 11.9 Å². The van der Waals surface area contributed by atoms with Crippen LogP contribution in [0.1, 0.15) is 54.8 Å². The maximum atomic E-state index is 12.4. The quantitative estimate of drug-likeness (QED) is 0.356. The molecule has 8 nitrogen and oxygen atoms in total. The van der Waals surface area contributed by atoms with Crippen molar-refractivity contribution in [3.05, 3.63) is 35.5 Å². The number of ether oxygens (including phenoxy) is 3. The number of carbonyl (C=O) groups is 3. The van der Waals surface area contributed by atoms with E-state index in [0.717, 1.165) is 0 Å². The molecule has 0 bridgehead atoms. The third-order valence-electron chi connectivity index (χ3n) is 4.21. The number of nitrogens with one attached hydrogen (secondary N) is 1. The van der Waals surface area contributed by atoms with E-state index in [1.807, 2.05) is 0 Å². The Balaban J connectivity index is 2.29. The van der Waals surface area contributed by atoms with Crippen molar-refractivity contribution in [1.29, 1.82) is 0 Å². The first kappa shape index (κ1) is 23.1. The van der Waals surface area contributed by atoms with Crippen LogP contribution in [0.15, 0.2) is 24.4 Å². The highest BCUT2D eigenvalue weighted by Gasteiger charge is 2.18. The normalized spacial score (nSPS) is 10.7. The topological polar surface area (TPSA) is 104 Å². The Morgan fingerprint density at radius 3 is 2.40 bits per heavy atom. The van der Waals surface area contributed by atoms with Gasteiger partial charge in [0.1, 0.15) is 5.56 Å². The SMILES string of the molecule is CCOC(=O)c1ccc2ncc(C(=O)OCC)c(NCCCOC(=O)C(C)C)c2c1. The van der Waals surface area contributed by atoms with Crippen molar-refractivity contribution in [2.45, 2.75) is 34.1 Å². The first-order valence-electron chi connectivity index (χ1n) is 10.1. The van der Waals surface area contributed by atoms with Gasteiger partial charge in [-0.25, -0.2) is 9.59 Å². The van der Waals surface area contributed by atoms with Gasteiger partial charge in [0, 0.05) is 18.1 Å². The van der Waals surface area contributed by atoms with E-state index in [1.165, 1.54) is 6.20 Å². The van der Waals surface area contributed by atoms with Crippen molar-refractivity contribution in [3.63, 3.8) is 0 Å². The molecule has 0 saturated carbocycles. The van der Waals surface area contributed by atoms with Gasteiger partial charge >= 0.3 is 17.9 Å². The van der Waals surface area contributed by atoms with Gasteiger partial charge in [0.05, 0.1) is 42.5 Å². The number of aromatic nitrogens is 1. The molecular weight excluding hydrogens is 388 g/mol. The van der Waals surface area contributed by atoms with Gasteiger partial charge in [-0.3, -0.25) is 9.78 Å². The number of esters is 3. The molecule has 1 aromatic heterocycles. The molecule has 0 aliphatic rings. The third-order valence-corrected chi connectivity index (χ3v) is 4.21. The van der Waals surface area contributed by atoms with Crippen LogP contribution < -0.4 is 5.32 Å². The summed E-state index contributed by atoms with van der Waals surface area (Å²) in [5.74, 6) is -1.40. The Morgan fingerprint density at radius 2 is 1.73 bits per heavy atom. The summed E-state index contributed by atoms with van der Waals surface area (Å²) in [5.41, 5.74) is 1.76. The maximum Gasteiger partial charge on any atom is 0.341 e. The van der Waals surface area contributed by atoms with E-state index in [-0.39, 0.29) is 37.3 Å². The molecule has 0 radical (unpaired) electrons. The lowest BCUT2D eigenvalue weighted by atomic mass is 10.1. The number of hydrogen-bond acceptors (Lipinski definition) is 8. The van der Waals surface area contributed by atoms with E-state index in [2.05, 4.69) is 10.3 Å². The third kappa shape index (κ3) is 5.92. The van der Waals surface area contributed by atoms with Crippen LogP contribution in [-0.2, 0) is 19.0 Å². The zero-order valence-electron chi connectivity index (χ0n) is 17.8. The van der Waals surface area contributed by atoms with E-state index >= 15 is 0 Å². The van der Waals surface area contributed by atoms with Gasteiger partial charge in [0.15, 0.2) is 0 Å². The standard InChI is InChI=1S/C22H28N2O6/c1-5-28-21(26)15-8-9-18-16(12-15)19(17(13-24-18)22(27)29-6-2)23-10-7-11-30-20(25)14(3)4/h8-9,12-14H,5-7,10-11H2,1-4H3,(H,23,24). The molecule has 0 saturated heterocycles. The molecule has 1 heterocycles. The van der Waals surface area contributed by atoms with Crippen LogP contribution in [-0.4, -0.2) is 49.3 Å². The molecule has 0 aliphatic carbocycles. The van der Waals surface area contributed by atoms with E-state index in [1.54, 1.807) is 45.9 Å². The van der Waals surface area contributed by atoms with Crippen LogP contribution in [0.2, 0.25) is 0 Å². The molecule has 8 heteroatoms. The lowest BCUT2D eigenvalue weighted by Crippen LogP contribution is -2.16. The highest BCUT2D eigenvalue weighted by atomic mass is 16.5. The van der Waals surface area contributed by atoms with E-state index in [9.17, 15) is 14.4 Å². The smallest absolute Gasteiger partial charge is 0.341 e. The van der Waals surface area contributed by atoms with E-state index in [4.69, 9.17) is 14.2 Å². The molecule has 1 N–H and O–H groups in total. The number of benzene rings is 1. The summed E-state index contributed by atoms with van der Waals surface area (Å²) in [5, 5.41) is 3.81. The van der Waals surface area contributed by atoms with Gasteiger partial charge in [0.2, 0.25) is 0 Å². The fraction of sp³-hybridized carbons (Fsp3) is 0.455. The summed E-state index contributed by atoms with van der Waals surface area (Å²) in [6.45, 7) is 8.20. The maximum absolute atomic E-state index is 12.4. The van der Waals surface area contributed by atoms with Crippen molar-refractivity contribution in [2.24, 2.45) is 5.92 Å². The number of anilines is 1. The second kappa shape index (κ2) is 11.1. The fourth-order valence-electron chi connectivity index (χ4n) is 2.71. The molecule has 30 heavy (non-hydrogen) atoms. The highest BCUT2D eigenvalue weighted by Crippen LogP contribution is 2.28. The molecule has 1 aromatic carbocycles. The number of nitrogens with zero attached hydrogens (tertiary/aromatic N) is 1. The highest BCUT2D eigenvalue weighted by molar-refractivity contribution is 6.06. The average molecular weight is 416 g/mol. The molecule has 0 spiro atoms. The second-order valence-corrected chi connectivity index (χ2v) is 6.82. The Morgan fingerprint density at radius 1 is 1.03 bits per heavy atom. The fourth-order valence-corrected chi connectivity index (χ4v) is 2.71. The zero-order chi connectivity index (χ0) is 22.1. The van der Waals surface area contributed by atoms with Crippen LogP contribution in [0, 0.1) is 5.92 Å². The Labute approximate surface area is 175 Å². The van der Waals surface area contributed by atoms with Crippen molar-refractivity contribution < 1.29 is 28.6 Å². The summed E-state index contributed by atoms with van der Waals surface area (Å²) >= 11 is 0. The predicted octanol–water partition coefficient (Wildman–Crippen LogP) is 3.59. The monoisotopic (exact) mass is 416 g/mol. The number of rotatable bonds is 10. The Kier molecular flexibility index (Phi) is 8.58. The van der Waals surface area contributed by atoms with Gasteiger partial charge in [-0.15, -0.1) is 0 Å². The molecule has 2 aromatic rings. The first-order chi connectivity index (χ1) is 14.4. The van der Waals surface area contributed by atoms with Gasteiger partial charge in [-0.1, -0.05) is 13.8 Å². The van der Waals surface area contributed by atoms with Crippen molar-refractivity contribution >= 4 is 34.5 Å². The van der Waals surface area contributed by atoms with Gasteiger partial charge in [-0.2, -0.15) is 0 Å². The number of pyridine rings is 1. The van der Waals surface area contributed by atoms with Crippen LogP contribution in [0.5, 0.6) is 0 Å². The van der Waals surface area contributed by atoms with Gasteiger partial charge in [0.25, 0.3) is 0 Å². The lowest BCUT2D eigenvalue weighted by Gasteiger charge is -2.15. The molecule has 0 atom stereocenters. The van der Waals surface area contributed by atoms with Crippen LogP contribution in [0.25, 0.3) is 10.9 Å². The van der Waals surface area contributed by atoms with Crippen molar-refractivity contribution in [1.82, 2.24) is 4.98 Å². The zero-order valence-corrected chi connectivity index (χ0v) is 17.8. The first-order valence-corrected chi connectivity index (χ1v) is 10.1. The predicted molar refractivity (Wildman–Crippen MR) is 113 cm³/mol. The molecule has 0 unspecified atom stereocenters. The summed E-state index contributed by atoms with van der Waals surface area (Å²) < 4.78 is 15.4. The minimum atomic E-state index is -0.512. The number of fused-ring (bicyclic) bond motifs is 1. The number of carbonyl (C=O) groups excluding carboxylic acids is 3. The minimum Gasteiger partial charge on any atom is -0.465 e. The van der Waals surface area contributed by atoms with Crippen LogP contribution in [0.4, 0.5) is 5.69 Å². The van der Waals surface area contributed by atoms with Crippen molar-refractivity contribution in [3.8, 4) is 0 Å². The van der Waals surface area contributed by atoms with Crippen LogP contribution >= 0.6 is 0 Å². The molecule has 0 fully saturated rings. The van der Waals surface area contributed by atoms with Crippen molar-refractivity contribution in [2.75, 3.05) is 31.7 Å². The summed E-state index contributed by atoms with van der Waals surface area (Å²) in [6, 6.07) is 4.98. The summed E-state index contributed by atoms with van der Waals surface area (Å²) in [7, 11) is 0.